The summed E-state index contributed by atoms with van der Waals surface area (Å²) in [6.07, 6.45) is 3.30. The number of likely N-dealkylation sites (N-methyl/N-ethyl adjacent to an activating group) is 1. The molecule has 0 radical (unpaired) electrons. The Labute approximate surface area is 217 Å². The van der Waals surface area contributed by atoms with Crippen LogP contribution in [-0.4, -0.2) is 80.6 Å². The summed E-state index contributed by atoms with van der Waals surface area (Å²) in [7, 11) is 4.66. The first kappa shape index (κ1) is 25.4. The number of ketones is 2. The molecule has 3 aliphatic rings. The summed E-state index contributed by atoms with van der Waals surface area (Å²) in [5.41, 5.74) is 3.23. The first-order valence-corrected chi connectivity index (χ1v) is 11.9. The Morgan fingerprint density at radius 2 is 1.87 bits per heavy atom. The molecule has 38 heavy (non-hydrogen) atoms. The summed E-state index contributed by atoms with van der Waals surface area (Å²) in [4.78, 5) is 44.9. The molecular weight excluding hydrogens is 494 g/mol. The summed E-state index contributed by atoms with van der Waals surface area (Å²) in [6.45, 7) is 0. The average molecular weight is 522 g/mol. The van der Waals surface area contributed by atoms with Gasteiger partial charge < -0.3 is 30.9 Å². The quantitative estimate of drug-likeness (QED) is 0.366. The molecule has 5 rings (SSSR count). The average Bonchev–Trinajstić information content (AvgIpc) is 2.86. The van der Waals surface area contributed by atoms with Crippen LogP contribution in [0.5, 0.6) is 11.5 Å². The van der Waals surface area contributed by atoms with Crippen LogP contribution < -0.4 is 10.5 Å². The molecule has 1 heterocycles. The highest BCUT2D eigenvalue weighted by molar-refractivity contribution is 6.24. The minimum absolute atomic E-state index is 0.00499. The number of aromatic hydroxyl groups is 1. The molecule has 11 nitrogen and oxygen atoms in total. The van der Waals surface area contributed by atoms with E-state index >= 15 is 0 Å². The van der Waals surface area contributed by atoms with E-state index in [-0.39, 0.29) is 29.7 Å². The molecule has 0 fully saturated rings. The van der Waals surface area contributed by atoms with Crippen LogP contribution in [0.15, 0.2) is 53.3 Å². The summed E-state index contributed by atoms with van der Waals surface area (Å²) in [5, 5.41) is 44.6. The monoisotopic (exact) mass is 521 g/mol. The van der Waals surface area contributed by atoms with Gasteiger partial charge in [-0.2, -0.15) is 0 Å². The molecule has 0 saturated carbocycles. The highest BCUT2D eigenvalue weighted by Gasteiger charge is 2.63. The predicted molar refractivity (Wildman–Crippen MR) is 133 cm³/mol. The van der Waals surface area contributed by atoms with Gasteiger partial charge >= 0.3 is 0 Å². The Bertz CT molecular complexity index is 1480. The minimum atomic E-state index is -2.68. The highest BCUT2D eigenvalue weighted by atomic mass is 16.5. The number of aliphatic hydroxyl groups is 3. The zero-order chi connectivity index (χ0) is 27.7. The molecule has 1 unspecified atom stereocenters. The van der Waals surface area contributed by atoms with Crippen LogP contribution in [-0.2, 0) is 16.0 Å². The van der Waals surface area contributed by atoms with Crippen LogP contribution in [0, 0.1) is 11.8 Å². The summed E-state index contributed by atoms with van der Waals surface area (Å²) in [6, 6.07) is 3.60. The lowest BCUT2D eigenvalue weighted by Crippen LogP contribution is -2.63. The number of aliphatic hydroxyl groups excluding tert-OH is 2. The number of amides is 1. The number of rotatable bonds is 4. The van der Waals surface area contributed by atoms with Crippen LogP contribution in [0.25, 0.3) is 11.1 Å². The maximum Gasteiger partial charge on any atom is 0.255 e. The lowest BCUT2D eigenvalue weighted by molar-refractivity contribution is -0.148. The zero-order valence-electron chi connectivity index (χ0n) is 20.9. The van der Waals surface area contributed by atoms with Crippen molar-refractivity contribution in [3.8, 4) is 22.6 Å². The van der Waals surface area contributed by atoms with E-state index in [0.717, 1.165) is 0 Å². The Hall–Kier alpha value is -4.22. The molecule has 0 saturated heterocycles. The van der Waals surface area contributed by atoms with Gasteiger partial charge in [0, 0.05) is 29.4 Å². The van der Waals surface area contributed by atoms with E-state index in [1.54, 1.807) is 38.6 Å². The largest absolute Gasteiger partial charge is 0.510 e. The molecule has 1 aromatic heterocycles. The van der Waals surface area contributed by atoms with Crippen molar-refractivity contribution in [2.75, 3.05) is 21.2 Å². The number of phenolic OH excluding ortho intramolecular Hbond substituents is 1. The number of benzene rings is 1. The number of nitrogens with zero attached hydrogens (tertiary/aromatic N) is 2. The van der Waals surface area contributed by atoms with Crippen molar-refractivity contribution in [3.05, 3.63) is 64.4 Å². The van der Waals surface area contributed by atoms with Gasteiger partial charge in [-0.3, -0.25) is 24.3 Å². The van der Waals surface area contributed by atoms with Gasteiger partial charge in [-0.1, -0.05) is 6.07 Å². The van der Waals surface area contributed by atoms with Crippen LogP contribution in [0.2, 0.25) is 0 Å². The summed E-state index contributed by atoms with van der Waals surface area (Å²) >= 11 is 0. The molecule has 11 heteroatoms. The topological polar surface area (TPSA) is 184 Å². The van der Waals surface area contributed by atoms with Crippen molar-refractivity contribution in [1.82, 2.24) is 9.88 Å². The van der Waals surface area contributed by atoms with Gasteiger partial charge in [0.2, 0.25) is 5.78 Å². The van der Waals surface area contributed by atoms with Crippen molar-refractivity contribution < 1.29 is 39.5 Å². The molecule has 4 atom stereocenters. The molecule has 1 amide bonds. The molecule has 0 spiro atoms. The van der Waals surface area contributed by atoms with E-state index in [4.69, 9.17) is 10.5 Å². The van der Waals surface area contributed by atoms with Gasteiger partial charge in [-0.25, -0.2) is 0 Å². The molecule has 198 valence electrons. The fraction of sp³-hybridized carbons (Fsp3) is 0.333. The first-order chi connectivity index (χ1) is 17.9. The number of phenols is 1. The van der Waals surface area contributed by atoms with Gasteiger partial charge in [0.15, 0.2) is 11.4 Å². The Morgan fingerprint density at radius 1 is 1.16 bits per heavy atom. The van der Waals surface area contributed by atoms with Crippen molar-refractivity contribution in [1.29, 1.82) is 0 Å². The molecule has 1 aromatic carbocycles. The maximum atomic E-state index is 13.8. The van der Waals surface area contributed by atoms with Crippen LogP contribution >= 0.6 is 0 Å². The van der Waals surface area contributed by atoms with E-state index in [1.165, 1.54) is 18.1 Å². The van der Waals surface area contributed by atoms with Gasteiger partial charge in [-0.05, 0) is 56.1 Å². The molecule has 6 N–H and O–H groups in total. The number of carbonyl (C=O) groups excluding carboxylic acids is 3. The van der Waals surface area contributed by atoms with Crippen LogP contribution in [0.1, 0.15) is 22.3 Å². The fourth-order valence-electron chi connectivity index (χ4n) is 6.26. The number of Topliss-reactive ketones (excluding diaryl/α,β-unsaturated/α-hetero) is 2. The summed E-state index contributed by atoms with van der Waals surface area (Å²) < 4.78 is 5.47. The first-order valence-electron chi connectivity index (χ1n) is 11.9. The summed E-state index contributed by atoms with van der Waals surface area (Å²) in [5.74, 6) is -6.41. The molecule has 3 aliphatic carbocycles. The number of carbonyl (C=O) groups is 3. The van der Waals surface area contributed by atoms with Gasteiger partial charge in [0.25, 0.3) is 5.91 Å². The normalized spacial score (nSPS) is 26.7. The van der Waals surface area contributed by atoms with E-state index in [1.807, 2.05) is 0 Å². The molecule has 0 bridgehead atoms. The minimum Gasteiger partial charge on any atom is -0.510 e. The highest BCUT2D eigenvalue weighted by Crippen LogP contribution is 2.53. The van der Waals surface area contributed by atoms with E-state index in [2.05, 4.69) is 4.98 Å². The number of methoxy groups -OCH3 is 1. The van der Waals surface area contributed by atoms with Gasteiger partial charge in [0.05, 0.1) is 18.7 Å². The molecular formula is C27H27N3O8. The van der Waals surface area contributed by atoms with Crippen molar-refractivity contribution in [3.63, 3.8) is 0 Å². The zero-order valence-corrected chi connectivity index (χ0v) is 20.9. The third kappa shape index (κ3) is 3.28. The standard InChI is InChI=1S/C27H27N3O8/c1-30(2)21-15-9-11-8-13-12(14-10-29-7-6-17(14)38-3)4-5-16(31)19(13)22(32)18(11)24(34)27(15,37)25(35)20(23(21)33)26(28)36/h4-7,10-11,15,21,31,33-34,37H,8-9H2,1-3H3,(H2,28,36)/t11-,15?,21-,27-/m0/s1. The second kappa shape index (κ2) is 8.67. The number of primary amides is 1. The Morgan fingerprint density at radius 3 is 2.50 bits per heavy atom. The lowest BCUT2D eigenvalue weighted by Gasteiger charge is -2.50. The molecule has 2 aromatic rings. The number of fused-ring (bicyclic) bond motifs is 3. The smallest absolute Gasteiger partial charge is 0.255 e. The second-order valence-electron chi connectivity index (χ2n) is 10.0. The molecule has 0 aliphatic heterocycles. The Kier molecular flexibility index (Phi) is 5.80. The Balaban J connectivity index is 1.74. The maximum absolute atomic E-state index is 13.8. The van der Waals surface area contributed by atoms with Gasteiger partial charge in [-0.15, -0.1) is 0 Å². The van der Waals surface area contributed by atoms with E-state index in [9.17, 15) is 34.8 Å². The lowest BCUT2D eigenvalue weighted by atomic mass is 9.58. The van der Waals surface area contributed by atoms with E-state index < -0.39 is 58.0 Å². The number of hydrogen-bond donors (Lipinski definition) is 5. The van der Waals surface area contributed by atoms with Crippen molar-refractivity contribution in [2.45, 2.75) is 24.5 Å². The van der Waals surface area contributed by atoms with E-state index in [0.29, 0.717) is 22.4 Å². The predicted octanol–water partition coefficient (Wildman–Crippen LogP) is 1.19. The SMILES string of the molecule is COc1ccncc1-c1ccc(O)c2c1C[C@H]1CC3[C@H](N(C)C)C(O)=C(C(N)=O)C(=O)[C@@]3(O)C(O)=C1C2=O. The number of ether oxygens (including phenoxy) is 1. The van der Waals surface area contributed by atoms with Crippen molar-refractivity contribution >= 4 is 17.5 Å². The number of aromatic nitrogens is 1. The number of allylic oxidation sites excluding steroid dienone is 1. The van der Waals surface area contributed by atoms with Gasteiger partial charge in [0.1, 0.15) is 28.6 Å². The number of hydrogen-bond acceptors (Lipinski definition) is 10. The third-order valence-corrected chi connectivity index (χ3v) is 7.90. The fourth-order valence-corrected chi connectivity index (χ4v) is 6.26. The third-order valence-electron chi connectivity index (χ3n) is 7.90. The van der Waals surface area contributed by atoms with Crippen LogP contribution in [0.4, 0.5) is 0 Å². The number of pyridine rings is 1. The second-order valence-corrected chi connectivity index (χ2v) is 10.0. The van der Waals surface area contributed by atoms with Crippen LogP contribution in [0.3, 0.4) is 0 Å². The number of nitrogens with two attached hydrogens (primary N) is 1. The van der Waals surface area contributed by atoms with Crippen molar-refractivity contribution in [2.24, 2.45) is 17.6 Å².